The van der Waals surface area contributed by atoms with Crippen LogP contribution in [-0.2, 0) is 17.5 Å². The summed E-state index contributed by atoms with van der Waals surface area (Å²) in [5.74, 6) is -1.44. The lowest BCUT2D eigenvalue weighted by Gasteiger charge is -2.13. The van der Waals surface area contributed by atoms with Crippen LogP contribution in [0.25, 0.3) is 0 Å². The van der Waals surface area contributed by atoms with E-state index in [4.69, 9.17) is 5.73 Å². The van der Waals surface area contributed by atoms with Crippen molar-refractivity contribution in [3.05, 3.63) is 29.3 Å². The highest BCUT2D eigenvalue weighted by molar-refractivity contribution is 5.91. The summed E-state index contributed by atoms with van der Waals surface area (Å²) in [6.07, 6.45) is -11.2. The topological polar surface area (TPSA) is 55.1 Å². The first kappa shape index (κ1) is 19.5. The average Bonchev–Trinajstić information content (AvgIpc) is 2.24. The van der Waals surface area contributed by atoms with Gasteiger partial charge in [0, 0.05) is 12.2 Å². The van der Waals surface area contributed by atoms with Crippen molar-refractivity contribution in [2.24, 2.45) is 5.73 Å². The van der Waals surface area contributed by atoms with Gasteiger partial charge >= 0.3 is 12.4 Å². The molecule has 3 nitrogen and oxygen atoms in total. The number of carbonyl (C=O) groups excluding carboxylic acids is 1. The maximum atomic E-state index is 12.6. The molecule has 0 radical (unpaired) electrons. The lowest BCUT2D eigenvalue weighted by molar-refractivity contribution is -0.150. The molecule has 1 aromatic rings. The largest absolute Gasteiger partial charge is 0.416 e. The Labute approximate surface area is 121 Å². The van der Waals surface area contributed by atoms with Crippen LogP contribution < -0.4 is 11.1 Å². The molecule has 0 aromatic heterocycles. The standard InChI is InChI=1S/C11H10F6N2O.ClH/c12-10(13,14)4-9(20)19-8-2-6(5-18)1-7(3-8)11(15,16)17;/h1-3H,4-5,18H2,(H,19,20);1H. The van der Waals surface area contributed by atoms with Gasteiger partial charge in [-0.05, 0) is 23.8 Å². The van der Waals surface area contributed by atoms with Gasteiger partial charge in [0.05, 0.1) is 5.56 Å². The van der Waals surface area contributed by atoms with Crippen LogP contribution >= 0.6 is 12.4 Å². The van der Waals surface area contributed by atoms with Gasteiger partial charge in [0.2, 0.25) is 5.91 Å². The molecule has 0 aliphatic carbocycles. The number of nitrogens with two attached hydrogens (primary N) is 1. The van der Waals surface area contributed by atoms with Gasteiger partial charge in [-0.3, -0.25) is 4.79 Å². The molecule has 10 heteroatoms. The number of amides is 1. The molecule has 0 heterocycles. The van der Waals surface area contributed by atoms with Crippen molar-refractivity contribution in [2.75, 3.05) is 5.32 Å². The molecular weight excluding hydrogens is 326 g/mol. The lowest BCUT2D eigenvalue weighted by atomic mass is 10.1. The van der Waals surface area contributed by atoms with E-state index in [1.165, 1.54) is 0 Å². The third kappa shape index (κ3) is 6.67. The fourth-order valence-corrected chi connectivity index (χ4v) is 1.43. The Hall–Kier alpha value is -1.48. The summed E-state index contributed by atoms with van der Waals surface area (Å²) < 4.78 is 73.6. The monoisotopic (exact) mass is 336 g/mol. The van der Waals surface area contributed by atoms with E-state index in [9.17, 15) is 31.1 Å². The first-order valence-corrected chi connectivity index (χ1v) is 5.29. The molecule has 0 fully saturated rings. The van der Waals surface area contributed by atoms with Crippen LogP contribution in [0.2, 0.25) is 0 Å². The van der Waals surface area contributed by atoms with Crippen LogP contribution in [0.1, 0.15) is 17.5 Å². The van der Waals surface area contributed by atoms with E-state index >= 15 is 0 Å². The summed E-state index contributed by atoms with van der Waals surface area (Å²) in [5.41, 5.74) is 3.77. The third-order valence-electron chi connectivity index (χ3n) is 2.20. The maximum absolute atomic E-state index is 12.6. The second-order valence-corrected chi connectivity index (χ2v) is 3.96. The van der Waals surface area contributed by atoms with Gasteiger partial charge in [-0.15, -0.1) is 12.4 Å². The number of halogens is 7. The van der Waals surface area contributed by atoms with E-state index in [0.29, 0.717) is 6.07 Å². The van der Waals surface area contributed by atoms with Crippen molar-refractivity contribution in [1.29, 1.82) is 0 Å². The van der Waals surface area contributed by atoms with Crippen molar-refractivity contribution in [1.82, 2.24) is 0 Å². The fourth-order valence-electron chi connectivity index (χ4n) is 1.43. The predicted octanol–water partition coefficient (Wildman–Crippen LogP) is 3.48. The quantitative estimate of drug-likeness (QED) is 0.830. The van der Waals surface area contributed by atoms with Gasteiger partial charge in [0.15, 0.2) is 0 Å². The second-order valence-electron chi connectivity index (χ2n) is 3.96. The van der Waals surface area contributed by atoms with Gasteiger partial charge in [-0.2, -0.15) is 26.3 Å². The molecule has 0 aliphatic heterocycles. The minimum absolute atomic E-state index is 0. The van der Waals surface area contributed by atoms with Crippen LogP contribution in [0.3, 0.4) is 0 Å². The Kier molecular flexibility index (Phi) is 6.50. The molecule has 1 aromatic carbocycles. The van der Waals surface area contributed by atoms with E-state index in [1.54, 1.807) is 5.32 Å². The molecule has 0 unspecified atom stereocenters. The molecule has 21 heavy (non-hydrogen) atoms. The summed E-state index contributed by atoms with van der Waals surface area (Å²) in [6.45, 7) is -0.244. The Balaban J connectivity index is 0.00000400. The van der Waals surface area contributed by atoms with Crippen molar-refractivity contribution < 1.29 is 31.1 Å². The van der Waals surface area contributed by atoms with Gasteiger partial charge in [-0.25, -0.2) is 0 Å². The summed E-state index contributed by atoms with van der Waals surface area (Å²) in [4.78, 5) is 11.0. The highest BCUT2D eigenvalue weighted by Crippen LogP contribution is 2.32. The average molecular weight is 337 g/mol. The molecule has 120 valence electrons. The number of carbonyl (C=O) groups is 1. The van der Waals surface area contributed by atoms with E-state index < -0.39 is 30.2 Å². The van der Waals surface area contributed by atoms with Crippen molar-refractivity contribution >= 4 is 24.0 Å². The molecule has 0 saturated carbocycles. The molecule has 0 saturated heterocycles. The van der Waals surface area contributed by atoms with Crippen molar-refractivity contribution in [3.63, 3.8) is 0 Å². The number of benzene rings is 1. The molecule has 0 bridgehead atoms. The number of hydrogen-bond donors (Lipinski definition) is 2. The van der Waals surface area contributed by atoms with Crippen molar-refractivity contribution in [2.45, 2.75) is 25.3 Å². The highest BCUT2D eigenvalue weighted by atomic mass is 35.5. The van der Waals surface area contributed by atoms with Crippen LogP contribution in [0.4, 0.5) is 32.0 Å². The number of alkyl halides is 6. The van der Waals surface area contributed by atoms with E-state index in [0.717, 1.165) is 12.1 Å². The minimum Gasteiger partial charge on any atom is -0.326 e. The highest BCUT2D eigenvalue weighted by Gasteiger charge is 2.33. The van der Waals surface area contributed by atoms with Gasteiger partial charge in [0.1, 0.15) is 6.42 Å². The zero-order valence-corrected chi connectivity index (χ0v) is 11.1. The predicted molar refractivity (Wildman–Crippen MR) is 65.9 cm³/mol. The summed E-state index contributed by atoms with van der Waals surface area (Å²) in [5, 5.41) is 1.77. The maximum Gasteiger partial charge on any atom is 0.416 e. The SMILES string of the molecule is Cl.NCc1cc(NC(=O)CC(F)(F)F)cc(C(F)(F)F)c1. The number of rotatable bonds is 3. The van der Waals surface area contributed by atoms with Crippen molar-refractivity contribution in [3.8, 4) is 0 Å². The fraction of sp³-hybridized carbons (Fsp3) is 0.364. The normalized spacial score (nSPS) is 11.8. The summed E-state index contributed by atoms with van der Waals surface area (Å²) in [7, 11) is 0. The van der Waals surface area contributed by atoms with Gasteiger partial charge < -0.3 is 11.1 Å². The smallest absolute Gasteiger partial charge is 0.326 e. The molecule has 0 atom stereocenters. The zero-order valence-electron chi connectivity index (χ0n) is 10.3. The molecule has 1 amide bonds. The van der Waals surface area contributed by atoms with E-state index in [-0.39, 0.29) is 30.2 Å². The van der Waals surface area contributed by atoms with Gasteiger partial charge in [0.25, 0.3) is 0 Å². The first-order chi connectivity index (χ1) is 9.01. The summed E-state index contributed by atoms with van der Waals surface area (Å²) >= 11 is 0. The number of hydrogen-bond acceptors (Lipinski definition) is 2. The molecule has 1 rings (SSSR count). The summed E-state index contributed by atoms with van der Waals surface area (Å²) in [6, 6.07) is 2.40. The lowest BCUT2D eigenvalue weighted by Crippen LogP contribution is -2.21. The number of anilines is 1. The Bertz CT molecular complexity index is 500. The number of nitrogens with one attached hydrogen (secondary N) is 1. The van der Waals surface area contributed by atoms with Crippen LogP contribution in [0, 0.1) is 0 Å². The van der Waals surface area contributed by atoms with Crippen LogP contribution in [0.5, 0.6) is 0 Å². The Morgan fingerprint density at radius 2 is 1.67 bits per heavy atom. The van der Waals surface area contributed by atoms with Crippen LogP contribution in [-0.4, -0.2) is 12.1 Å². The Morgan fingerprint density at radius 3 is 2.10 bits per heavy atom. The minimum atomic E-state index is -4.73. The molecule has 0 spiro atoms. The Morgan fingerprint density at radius 1 is 1.10 bits per heavy atom. The molecule has 0 aliphatic rings. The second kappa shape index (κ2) is 6.99. The molecular formula is C11H11ClF6N2O. The van der Waals surface area contributed by atoms with E-state index in [2.05, 4.69) is 0 Å². The van der Waals surface area contributed by atoms with Gasteiger partial charge in [-0.1, -0.05) is 0 Å². The third-order valence-corrected chi connectivity index (χ3v) is 2.20. The molecule has 3 N–H and O–H groups in total. The van der Waals surface area contributed by atoms with Crippen LogP contribution in [0.15, 0.2) is 18.2 Å². The first-order valence-electron chi connectivity index (χ1n) is 5.29. The zero-order chi connectivity index (χ0) is 15.6. The van der Waals surface area contributed by atoms with E-state index in [1.807, 2.05) is 0 Å².